The molecule has 3 heterocycles. The Kier molecular flexibility index (Phi) is 10.4. The number of esters is 4. The normalized spacial score (nSPS) is 38.2. The van der Waals surface area contributed by atoms with Crippen LogP contribution in [0.2, 0.25) is 0 Å². The fourth-order valence-electron chi connectivity index (χ4n) is 4.42. The van der Waals surface area contributed by atoms with E-state index in [0.717, 1.165) is 0 Å². The second kappa shape index (κ2) is 12.5. The van der Waals surface area contributed by atoms with E-state index in [2.05, 4.69) is 0 Å². The van der Waals surface area contributed by atoms with E-state index in [1.807, 2.05) is 0 Å². The van der Waals surface area contributed by atoms with E-state index in [-0.39, 0.29) is 0 Å². The van der Waals surface area contributed by atoms with Gasteiger partial charge in [-0.15, -0.1) is 0 Å². The Morgan fingerprint density at radius 3 is 1.51 bits per heavy atom. The van der Waals surface area contributed by atoms with Gasteiger partial charge in [0.1, 0.15) is 6.10 Å². The van der Waals surface area contributed by atoms with Crippen molar-refractivity contribution in [2.75, 3.05) is 0 Å². The molecule has 0 amide bonds. The van der Waals surface area contributed by atoms with Crippen molar-refractivity contribution in [3.05, 3.63) is 0 Å². The molecule has 13 heteroatoms. The third-order valence-corrected chi connectivity index (χ3v) is 5.79. The predicted molar refractivity (Wildman–Crippen MR) is 123 cm³/mol. The molecule has 1 N–H and O–H groups in total. The smallest absolute Gasteiger partial charge is 0.303 e. The Bertz CT molecular complexity index is 842. The van der Waals surface area contributed by atoms with Crippen molar-refractivity contribution in [2.24, 2.45) is 0 Å². The molecule has 0 saturated carbocycles. The molecule has 0 radical (unpaired) electrons. The Labute approximate surface area is 215 Å². The summed E-state index contributed by atoms with van der Waals surface area (Å²) in [4.78, 5) is 44.5. The monoisotopic (exact) mass is 534 g/mol. The van der Waals surface area contributed by atoms with Gasteiger partial charge in [-0.1, -0.05) is 0 Å². The Balaban J connectivity index is 0.000000264. The van der Waals surface area contributed by atoms with Crippen LogP contribution in [0.15, 0.2) is 0 Å². The van der Waals surface area contributed by atoms with Gasteiger partial charge in [0.15, 0.2) is 42.6 Å². The van der Waals surface area contributed by atoms with Gasteiger partial charge in [-0.25, -0.2) is 0 Å². The predicted octanol–water partition coefficient (Wildman–Crippen LogP) is 0.764. The fraction of sp³-hybridized carbons (Fsp3) is 0.833. The maximum Gasteiger partial charge on any atom is 0.303 e. The molecule has 37 heavy (non-hydrogen) atoms. The van der Waals surface area contributed by atoms with Crippen LogP contribution in [0, 0.1) is 0 Å². The lowest BCUT2D eigenvalue weighted by Crippen LogP contribution is -2.58. The van der Waals surface area contributed by atoms with Crippen molar-refractivity contribution < 1.29 is 62.2 Å². The minimum Gasteiger partial charge on any atom is -0.456 e. The largest absolute Gasteiger partial charge is 0.456 e. The highest BCUT2D eigenvalue weighted by atomic mass is 16.8. The number of hydrogen-bond acceptors (Lipinski definition) is 13. The van der Waals surface area contributed by atoms with E-state index in [0.29, 0.717) is 0 Å². The van der Waals surface area contributed by atoms with Gasteiger partial charge in [0.25, 0.3) is 0 Å². The first-order chi connectivity index (χ1) is 17.0. The van der Waals surface area contributed by atoms with Gasteiger partial charge < -0.3 is 43.0 Å². The molecular weight excluding hydrogens is 496 g/mol. The van der Waals surface area contributed by atoms with Gasteiger partial charge >= 0.3 is 23.9 Å². The third-order valence-electron chi connectivity index (χ3n) is 5.79. The first kappa shape index (κ1) is 30.9. The summed E-state index contributed by atoms with van der Waals surface area (Å²) in [7, 11) is 0. The second-order valence-corrected chi connectivity index (χ2v) is 9.64. The number of fused-ring (bicyclic) bond motifs is 1. The maximum absolute atomic E-state index is 11.3. The highest BCUT2D eigenvalue weighted by Gasteiger charge is 2.56. The van der Waals surface area contributed by atoms with Crippen LogP contribution in [-0.4, -0.2) is 96.0 Å². The number of carbonyl (C=O) groups excluding carboxylic acids is 4. The lowest BCUT2D eigenvalue weighted by Gasteiger charge is -2.41. The number of aliphatic hydroxyl groups is 1. The van der Waals surface area contributed by atoms with Crippen LogP contribution in [-0.2, 0) is 57.1 Å². The molecule has 2 unspecified atom stereocenters. The molecule has 3 aliphatic heterocycles. The first-order valence-corrected chi connectivity index (χ1v) is 12.1. The van der Waals surface area contributed by atoms with Crippen molar-refractivity contribution in [1.29, 1.82) is 0 Å². The summed E-state index contributed by atoms with van der Waals surface area (Å²) in [5, 5.41) is 9.89. The van der Waals surface area contributed by atoms with E-state index in [1.54, 1.807) is 34.6 Å². The number of hydrogen-bond donors (Lipinski definition) is 1. The van der Waals surface area contributed by atoms with E-state index in [9.17, 15) is 24.3 Å². The molecule has 3 aliphatic rings. The molecule has 0 aromatic carbocycles. The number of carbonyl (C=O) groups is 4. The van der Waals surface area contributed by atoms with Gasteiger partial charge in [0.05, 0.1) is 18.3 Å². The van der Waals surface area contributed by atoms with Crippen LogP contribution in [0.5, 0.6) is 0 Å². The zero-order chi connectivity index (χ0) is 28.2. The van der Waals surface area contributed by atoms with Crippen molar-refractivity contribution in [2.45, 2.75) is 129 Å². The Morgan fingerprint density at radius 2 is 1.03 bits per heavy atom. The lowest BCUT2D eigenvalue weighted by atomic mass is 9.96. The minimum absolute atomic E-state index is 0.443. The molecule has 13 nitrogen and oxygen atoms in total. The highest BCUT2D eigenvalue weighted by molar-refractivity contribution is 5.68. The van der Waals surface area contributed by atoms with Crippen LogP contribution in [0.25, 0.3) is 0 Å². The van der Waals surface area contributed by atoms with Crippen LogP contribution >= 0.6 is 0 Å². The van der Waals surface area contributed by atoms with Gasteiger partial charge in [0, 0.05) is 27.7 Å². The molecular formula is C24H38O13. The second-order valence-electron chi connectivity index (χ2n) is 9.64. The fourth-order valence-corrected chi connectivity index (χ4v) is 4.42. The average molecular weight is 535 g/mol. The summed E-state index contributed by atoms with van der Waals surface area (Å²) in [6.45, 7) is 13.7. The third kappa shape index (κ3) is 8.34. The topological polar surface area (TPSA) is 162 Å². The highest BCUT2D eigenvalue weighted by Crippen LogP contribution is 2.38. The first-order valence-electron chi connectivity index (χ1n) is 12.1. The van der Waals surface area contributed by atoms with Gasteiger partial charge in [-0.2, -0.15) is 0 Å². The SMILES string of the molecule is CC(=O)O[C@@H]1[C@@H](OC(C)=O)[C@@H](O)C(C)O[C@H]1C.CC(=O)O[C@@H]1[C@@H](OC(C)=O)[C@H]2OC(C)(C)OC2O[C@H]1C. The maximum atomic E-state index is 11.3. The van der Waals surface area contributed by atoms with Crippen LogP contribution in [0.1, 0.15) is 62.3 Å². The molecule has 3 rings (SSSR count). The van der Waals surface area contributed by atoms with Gasteiger partial charge in [-0.3, -0.25) is 19.2 Å². The van der Waals surface area contributed by atoms with E-state index in [4.69, 9.17) is 37.9 Å². The number of aliphatic hydroxyl groups excluding tert-OH is 1. The summed E-state index contributed by atoms with van der Waals surface area (Å²) in [5.41, 5.74) is 0. The molecule has 212 valence electrons. The van der Waals surface area contributed by atoms with E-state index in [1.165, 1.54) is 27.7 Å². The van der Waals surface area contributed by atoms with Crippen LogP contribution in [0.4, 0.5) is 0 Å². The molecule has 0 aromatic heterocycles. The number of ether oxygens (including phenoxy) is 8. The molecule has 0 aromatic rings. The molecule has 10 atom stereocenters. The quantitative estimate of drug-likeness (QED) is 0.398. The molecule has 0 bridgehead atoms. The number of rotatable bonds is 4. The zero-order valence-corrected chi connectivity index (χ0v) is 22.6. The van der Waals surface area contributed by atoms with Crippen molar-refractivity contribution in [1.82, 2.24) is 0 Å². The average Bonchev–Trinajstić information content (AvgIpc) is 3.04. The molecule has 0 aliphatic carbocycles. The summed E-state index contributed by atoms with van der Waals surface area (Å²) >= 11 is 0. The molecule has 3 fully saturated rings. The lowest BCUT2D eigenvalue weighted by molar-refractivity contribution is -0.255. The van der Waals surface area contributed by atoms with Crippen LogP contribution < -0.4 is 0 Å². The van der Waals surface area contributed by atoms with Crippen LogP contribution in [0.3, 0.4) is 0 Å². The van der Waals surface area contributed by atoms with Gasteiger partial charge in [0.2, 0.25) is 0 Å². The van der Waals surface area contributed by atoms with E-state index < -0.39 is 90.9 Å². The summed E-state index contributed by atoms with van der Waals surface area (Å²) in [5.74, 6) is -2.84. The zero-order valence-electron chi connectivity index (χ0n) is 22.6. The minimum atomic E-state index is -1.01. The van der Waals surface area contributed by atoms with Crippen molar-refractivity contribution in [3.8, 4) is 0 Å². The standard InChI is InChI=1S/C13H20O7.C11H18O6/c1-6-9(17-7(2)14)10(18-8(3)15)11-12(16-6)20-13(4,5)19-11;1-5-9(14)11(17-8(4)13)10(6(2)15-5)16-7(3)12/h6,9-12H,1-5H3;5-6,9-11,14H,1-4H3/t6-,9-,10+,11+,12?;5?,6-,9-,10-,11-/m00/s1. The van der Waals surface area contributed by atoms with Gasteiger partial charge in [-0.05, 0) is 34.6 Å². The summed E-state index contributed by atoms with van der Waals surface area (Å²) in [6.07, 6.45) is -6.87. The molecule has 3 saturated heterocycles. The Morgan fingerprint density at radius 1 is 0.622 bits per heavy atom. The summed E-state index contributed by atoms with van der Waals surface area (Å²) in [6, 6.07) is 0. The van der Waals surface area contributed by atoms with Crippen molar-refractivity contribution >= 4 is 23.9 Å². The van der Waals surface area contributed by atoms with Crippen molar-refractivity contribution in [3.63, 3.8) is 0 Å². The van der Waals surface area contributed by atoms with E-state index >= 15 is 0 Å². The Hall–Kier alpha value is -2.32. The summed E-state index contributed by atoms with van der Waals surface area (Å²) < 4.78 is 42.9. The molecule has 0 spiro atoms.